The number of hydrogen-bond donors (Lipinski definition) is 1. The van der Waals surface area contributed by atoms with Crippen molar-refractivity contribution in [3.05, 3.63) is 95.1 Å². The van der Waals surface area contributed by atoms with E-state index in [0.29, 0.717) is 12.1 Å². The van der Waals surface area contributed by atoms with Gasteiger partial charge in [0.15, 0.2) is 0 Å². The molecule has 1 N–H and O–H groups in total. The first-order chi connectivity index (χ1) is 18.5. The van der Waals surface area contributed by atoms with E-state index in [2.05, 4.69) is 19.2 Å². The molecule has 1 atom stereocenters. The minimum atomic E-state index is -4.08. The van der Waals surface area contributed by atoms with Crippen molar-refractivity contribution in [2.24, 2.45) is 0 Å². The second-order valence-electron chi connectivity index (χ2n) is 10.1. The lowest BCUT2D eigenvalue weighted by Gasteiger charge is -2.33. The average Bonchev–Trinajstić information content (AvgIpc) is 2.92. The van der Waals surface area contributed by atoms with Crippen molar-refractivity contribution < 1.29 is 18.0 Å². The van der Waals surface area contributed by atoms with Crippen molar-refractivity contribution in [3.8, 4) is 0 Å². The number of nitrogens with zero attached hydrogens (tertiary/aromatic N) is 2. The molecule has 0 aromatic heterocycles. The number of amides is 2. The van der Waals surface area contributed by atoms with Gasteiger partial charge >= 0.3 is 0 Å². The zero-order valence-electron chi connectivity index (χ0n) is 23.6. The Hall–Kier alpha value is -3.65. The lowest BCUT2D eigenvalue weighted by molar-refractivity contribution is -0.140. The number of likely N-dealkylation sites (N-methyl/N-ethyl adjacent to an activating group) is 1. The normalized spacial score (nSPS) is 12.2. The molecule has 3 rings (SSSR count). The topological polar surface area (TPSA) is 86.8 Å². The van der Waals surface area contributed by atoms with Crippen LogP contribution in [-0.2, 0) is 26.2 Å². The van der Waals surface area contributed by atoms with Crippen molar-refractivity contribution in [3.63, 3.8) is 0 Å². The molecular weight excluding hydrogens is 510 g/mol. The summed E-state index contributed by atoms with van der Waals surface area (Å²) in [5.74, 6) is -0.493. The van der Waals surface area contributed by atoms with Crippen LogP contribution in [-0.4, -0.2) is 44.8 Å². The smallest absolute Gasteiger partial charge is 0.264 e. The molecule has 39 heavy (non-hydrogen) atoms. The Bertz CT molecular complexity index is 1370. The van der Waals surface area contributed by atoms with Crippen molar-refractivity contribution in [1.82, 2.24) is 10.2 Å². The summed E-state index contributed by atoms with van der Waals surface area (Å²) >= 11 is 0. The molecule has 3 aromatic carbocycles. The first kappa shape index (κ1) is 29.9. The lowest BCUT2D eigenvalue weighted by atomic mass is 10.0. The van der Waals surface area contributed by atoms with Crippen LogP contribution in [0.3, 0.4) is 0 Å². The van der Waals surface area contributed by atoms with Crippen LogP contribution < -0.4 is 9.62 Å². The molecule has 0 aliphatic heterocycles. The fourth-order valence-corrected chi connectivity index (χ4v) is 5.78. The number of benzene rings is 3. The summed E-state index contributed by atoms with van der Waals surface area (Å²) in [5, 5.41) is 2.64. The van der Waals surface area contributed by atoms with Crippen LogP contribution in [0.15, 0.2) is 77.7 Å². The number of hydrogen-bond acceptors (Lipinski definition) is 4. The van der Waals surface area contributed by atoms with E-state index in [-0.39, 0.29) is 23.3 Å². The van der Waals surface area contributed by atoms with Gasteiger partial charge in [-0.15, -0.1) is 0 Å². The van der Waals surface area contributed by atoms with Crippen LogP contribution in [0.5, 0.6) is 0 Å². The Morgan fingerprint density at radius 1 is 0.846 bits per heavy atom. The quantitative estimate of drug-likeness (QED) is 0.357. The maximum Gasteiger partial charge on any atom is 0.264 e. The Balaban J connectivity index is 2.06. The van der Waals surface area contributed by atoms with Crippen LogP contribution in [0.4, 0.5) is 5.69 Å². The van der Waals surface area contributed by atoms with Crippen LogP contribution in [0.25, 0.3) is 0 Å². The zero-order chi connectivity index (χ0) is 28.7. The number of carbonyl (C=O) groups is 2. The Labute approximate surface area is 232 Å². The minimum absolute atomic E-state index is 0.0947. The highest BCUT2D eigenvalue weighted by Gasteiger charge is 2.33. The van der Waals surface area contributed by atoms with Gasteiger partial charge in [0.05, 0.1) is 10.6 Å². The van der Waals surface area contributed by atoms with Gasteiger partial charge in [0.2, 0.25) is 11.8 Å². The molecule has 0 heterocycles. The Morgan fingerprint density at radius 3 is 1.87 bits per heavy atom. The highest BCUT2D eigenvalue weighted by Crippen LogP contribution is 2.27. The molecule has 0 bridgehead atoms. The summed E-state index contributed by atoms with van der Waals surface area (Å²) in [7, 11) is -2.55. The molecule has 0 saturated carbocycles. The summed E-state index contributed by atoms with van der Waals surface area (Å²) in [5.41, 5.74) is 4.31. The second-order valence-corrected chi connectivity index (χ2v) is 12.0. The van der Waals surface area contributed by atoms with Gasteiger partial charge in [-0.2, -0.15) is 0 Å². The molecule has 7 nitrogen and oxygen atoms in total. The van der Waals surface area contributed by atoms with Crippen molar-refractivity contribution in [1.29, 1.82) is 0 Å². The predicted octanol–water partition coefficient (Wildman–Crippen LogP) is 5.18. The van der Waals surface area contributed by atoms with Gasteiger partial charge in [0.25, 0.3) is 10.0 Å². The van der Waals surface area contributed by atoms with E-state index < -0.39 is 28.5 Å². The monoisotopic (exact) mass is 549 g/mol. The summed E-state index contributed by atoms with van der Waals surface area (Å²) in [6.07, 6.45) is 0.380. The number of carbonyl (C=O) groups excluding carboxylic acids is 2. The third kappa shape index (κ3) is 7.26. The summed E-state index contributed by atoms with van der Waals surface area (Å²) in [4.78, 5) is 28.3. The average molecular weight is 550 g/mol. The van der Waals surface area contributed by atoms with Gasteiger partial charge in [-0.3, -0.25) is 13.9 Å². The van der Waals surface area contributed by atoms with Crippen LogP contribution in [0, 0.1) is 13.8 Å². The molecular formula is C31H39N3O4S. The predicted molar refractivity (Wildman–Crippen MR) is 156 cm³/mol. The third-order valence-corrected chi connectivity index (χ3v) is 8.63. The lowest BCUT2D eigenvalue weighted by Crippen LogP contribution is -2.51. The van der Waals surface area contributed by atoms with Gasteiger partial charge in [-0.05, 0) is 61.6 Å². The Morgan fingerprint density at radius 2 is 1.38 bits per heavy atom. The highest BCUT2D eigenvalue weighted by atomic mass is 32.2. The fraction of sp³-hybridized carbons (Fsp3) is 0.355. The van der Waals surface area contributed by atoms with E-state index >= 15 is 0 Å². The van der Waals surface area contributed by atoms with Gasteiger partial charge in [0, 0.05) is 13.6 Å². The van der Waals surface area contributed by atoms with Crippen molar-refractivity contribution in [2.75, 3.05) is 17.9 Å². The molecule has 8 heteroatoms. The van der Waals surface area contributed by atoms with Crippen molar-refractivity contribution >= 4 is 27.5 Å². The first-order valence-electron chi connectivity index (χ1n) is 13.2. The maximum absolute atomic E-state index is 14.0. The van der Waals surface area contributed by atoms with E-state index in [4.69, 9.17) is 0 Å². The standard InChI is InChI=1S/C31H39N3O4S/c1-7-29(31(36)32-6)33(20-25-12-8-23(4)9-13-25)30(35)21-34(27-16-14-26(15-17-27)22(2)3)39(37,38)28-18-10-24(5)11-19-28/h8-19,22,29H,7,20-21H2,1-6H3,(H,32,36)/t29-/m0/s1. The van der Waals surface area contributed by atoms with Crippen LogP contribution in [0.2, 0.25) is 0 Å². The van der Waals surface area contributed by atoms with E-state index in [1.165, 1.54) is 11.9 Å². The summed E-state index contributed by atoms with van der Waals surface area (Å²) in [6, 6.07) is 20.8. The first-order valence-corrected chi connectivity index (χ1v) is 14.7. The zero-order valence-corrected chi connectivity index (χ0v) is 24.5. The molecule has 3 aromatic rings. The van der Waals surface area contributed by atoms with Gasteiger partial charge in [-0.25, -0.2) is 8.42 Å². The maximum atomic E-state index is 14.0. The largest absolute Gasteiger partial charge is 0.357 e. The molecule has 0 radical (unpaired) electrons. The molecule has 208 valence electrons. The van der Waals surface area contributed by atoms with E-state index in [1.54, 1.807) is 36.4 Å². The van der Waals surface area contributed by atoms with Crippen LogP contribution >= 0.6 is 0 Å². The minimum Gasteiger partial charge on any atom is -0.357 e. The van der Waals surface area contributed by atoms with Crippen molar-refractivity contribution in [2.45, 2.75) is 64.4 Å². The number of nitrogens with one attached hydrogen (secondary N) is 1. The summed E-state index contributed by atoms with van der Waals surface area (Å²) < 4.78 is 29.0. The van der Waals surface area contributed by atoms with Gasteiger partial charge < -0.3 is 10.2 Å². The summed E-state index contributed by atoms with van der Waals surface area (Å²) in [6.45, 7) is 9.55. The van der Waals surface area contributed by atoms with E-state index in [0.717, 1.165) is 26.6 Å². The number of rotatable bonds is 11. The fourth-order valence-electron chi connectivity index (χ4n) is 4.37. The number of sulfonamides is 1. The molecule has 0 unspecified atom stereocenters. The molecule has 0 saturated heterocycles. The Kier molecular flexibility index (Phi) is 9.92. The highest BCUT2D eigenvalue weighted by molar-refractivity contribution is 7.92. The SMILES string of the molecule is CC[C@@H](C(=O)NC)N(Cc1ccc(C)cc1)C(=O)CN(c1ccc(C(C)C)cc1)S(=O)(=O)c1ccc(C)cc1. The van der Waals surface area contributed by atoms with Gasteiger partial charge in [-0.1, -0.05) is 80.4 Å². The number of aryl methyl sites for hydroxylation is 2. The van der Waals surface area contributed by atoms with Crippen LogP contribution in [0.1, 0.15) is 55.4 Å². The molecule has 2 amide bonds. The van der Waals surface area contributed by atoms with E-state index in [1.807, 2.05) is 57.2 Å². The third-order valence-electron chi connectivity index (χ3n) is 6.84. The molecule has 0 aliphatic rings. The number of anilines is 1. The van der Waals surface area contributed by atoms with E-state index in [9.17, 15) is 18.0 Å². The molecule has 0 spiro atoms. The van der Waals surface area contributed by atoms with Gasteiger partial charge in [0.1, 0.15) is 12.6 Å². The molecule has 0 fully saturated rings. The molecule has 0 aliphatic carbocycles. The second kappa shape index (κ2) is 12.9.